The van der Waals surface area contributed by atoms with Crippen LogP contribution in [0.5, 0.6) is 5.75 Å². The van der Waals surface area contributed by atoms with Crippen LogP contribution in [0, 0.1) is 0 Å². The first kappa shape index (κ1) is 23.0. The molecule has 4 rings (SSSR count). The van der Waals surface area contributed by atoms with Gasteiger partial charge in [-0.2, -0.15) is 0 Å². The highest BCUT2D eigenvalue weighted by Gasteiger charge is 2.28. The molecule has 33 heavy (non-hydrogen) atoms. The molecule has 0 saturated heterocycles. The molecule has 3 aromatic rings. The molecule has 0 radical (unpaired) electrons. The number of hydrogen-bond donors (Lipinski definition) is 1. The number of nitrogens with one attached hydrogen (secondary N) is 1. The van der Waals surface area contributed by atoms with Crippen molar-refractivity contribution in [1.82, 2.24) is 4.90 Å². The fraction of sp³-hybridized carbons (Fsp3) is 0.200. The Labute approximate surface area is 202 Å². The van der Waals surface area contributed by atoms with Crippen molar-refractivity contribution in [2.24, 2.45) is 5.16 Å². The van der Waals surface area contributed by atoms with Gasteiger partial charge in [0, 0.05) is 28.6 Å². The van der Waals surface area contributed by atoms with E-state index in [-0.39, 0.29) is 12.1 Å². The van der Waals surface area contributed by atoms with Gasteiger partial charge in [-0.3, -0.25) is 0 Å². The maximum absolute atomic E-state index is 13.3. The minimum atomic E-state index is -0.307. The monoisotopic (exact) mass is 483 g/mol. The molecular weight excluding hydrogens is 461 g/mol. The second-order valence-electron chi connectivity index (χ2n) is 7.59. The number of carbonyl (C=O) groups is 1. The van der Waals surface area contributed by atoms with Crippen LogP contribution in [0.2, 0.25) is 10.0 Å². The Morgan fingerprint density at radius 3 is 2.70 bits per heavy atom. The van der Waals surface area contributed by atoms with Gasteiger partial charge in [0.2, 0.25) is 0 Å². The minimum absolute atomic E-state index is 0.283. The van der Waals surface area contributed by atoms with Gasteiger partial charge >= 0.3 is 6.03 Å². The minimum Gasteiger partial charge on any atom is -0.495 e. The SMILES string of the molecule is COc1ccccc1NC(=O)N(Cc1cccc(Cl)c1)CC1CC(c2ccccc2Cl)=NO1. The summed E-state index contributed by atoms with van der Waals surface area (Å²) in [6.07, 6.45) is 0.233. The van der Waals surface area contributed by atoms with Crippen LogP contribution in [0.25, 0.3) is 0 Å². The number of hydrogen-bond acceptors (Lipinski definition) is 4. The lowest BCUT2D eigenvalue weighted by Crippen LogP contribution is -2.40. The quantitative estimate of drug-likeness (QED) is 0.433. The van der Waals surface area contributed by atoms with Crippen LogP contribution >= 0.6 is 23.2 Å². The van der Waals surface area contributed by atoms with Gasteiger partial charge in [0.05, 0.1) is 25.1 Å². The molecule has 0 fully saturated rings. The summed E-state index contributed by atoms with van der Waals surface area (Å²) in [5, 5.41) is 8.39. The summed E-state index contributed by atoms with van der Waals surface area (Å²) in [6.45, 7) is 0.674. The Balaban J connectivity index is 1.50. The number of rotatable bonds is 7. The van der Waals surface area contributed by atoms with Crippen LogP contribution in [0.15, 0.2) is 78.0 Å². The Bertz CT molecular complexity index is 1170. The number of oxime groups is 1. The molecular formula is C25H23Cl2N3O3. The first-order chi connectivity index (χ1) is 16.0. The number of para-hydroxylation sites is 2. The molecule has 1 unspecified atom stereocenters. The summed E-state index contributed by atoms with van der Waals surface area (Å²) in [5.41, 5.74) is 3.09. The van der Waals surface area contributed by atoms with E-state index in [0.29, 0.717) is 41.0 Å². The first-order valence-electron chi connectivity index (χ1n) is 10.4. The van der Waals surface area contributed by atoms with Crippen molar-refractivity contribution in [1.29, 1.82) is 0 Å². The molecule has 1 atom stereocenters. The standard InChI is InChI=1S/C25H23Cl2N3O3/c1-32-24-12-5-4-11-22(24)28-25(31)30(15-17-7-6-8-18(26)13-17)16-19-14-23(29-33-19)20-9-2-3-10-21(20)27/h2-13,19H,14-16H2,1H3,(H,28,31). The van der Waals surface area contributed by atoms with E-state index in [0.717, 1.165) is 16.8 Å². The van der Waals surface area contributed by atoms with E-state index in [9.17, 15) is 4.79 Å². The summed E-state index contributed by atoms with van der Waals surface area (Å²) in [7, 11) is 1.56. The van der Waals surface area contributed by atoms with E-state index >= 15 is 0 Å². The van der Waals surface area contributed by atoms with Gasteiger partial charge in [-0.15, -0.1) is 0 Å². The van der Waals surface area contributed by atoms with Crippen molar-refractivity contribution < 1.29 is 14.4 Å². The maximum Gasteiger partial charge on any atom is 0.322 e. The molecule has 1 aliphatic heterocycles. The highest BCUT2D eigenvalue weighted by molar-refractivity contribution is 6.34. The highest BCUT2D eigenvalue weighted by atomic mass is 35.5. The lowest BCUT2D eigenvalue weighted by atomic mass is 10.0. The number of carbonyl (C=O) groups excluding carboxylic acids is 1. The zero-order chi connectivity index (χ0) is 23.2. The van der Waals surface area contributed by atoms with Gasteiger partial charge in [-0.1, -0.05) is 70.8 Å². The van der Waals surface area contributed by atoms with E-state index in [2.05, 4.69) is 10.5 Å². The Kier molecular flexibility index (Phi) is 7.37. The van der Waals surface area contributed by atoms with Crippen molar-refractivity contribution in [2.45, 2.75) is 19.1 Å². The molecule has 0 bridgehead atoms. The van der Waals surface area contributed by atoms with Gasteiger partial charge in [0.15, 0.2) is 6.10 Å². The average Bonchev–Trinajstić information content (AvgIpc) is 3.27. The van der Waals surface area contributed by atoms with Crippen LogP contribution in [0.1, 0.15) is 17.5 Å². The topological polar surface area (TPSA) is 63.2 Å². The number of amides is 2. The molecule has 0 aliphatic carbocycles. The second kappa shape index (κ2) is 10.6. The Morgan fingerprint density at radius 1 is 1.12 bits per heavy atom. The number of nitrogens with zero attached hydrogens (tertiary/aromatic N) is 2. The third kappa shape index (κ3) is 5.78. The van der Waals surface area contributed by atoms with Crippen LogP contribution in [-0.2, 0) is 11.4 Å². The molecule has 6 nitrogen and oxygen atoms in total. The van der Waals surface area contributed by atoms with E-state index in [1.807, 2.05) is 54.6 Å². The van der Waals surface area contributed by atoms with E-state index in [1.54, 1.807) is 30.2 Å². The molecule has 170 valence electrons. The van der Waals surface area contributed by atoms with E-state index < -0.39 is 0 Å². The zero-order valence-electron chi connectivity index (χ0n) is 18.0. The van der Waals surface area contributed by atoms with Gasteiger partial charge in [-0.25, -0.2) is 4.79 Å². The summed E-state index contributed by atoms with van der Waals surface area (Å²) in [4.78, 5) is 20.6. The normalized spacial score (nSPS) is 14.9. The predicted octanol–water partition coefficient (Wildman–Crippen LogP) is 6.23. The number of ether oxygens (including phenoxy) is 1. The molecule has 0 saturated carbocycles. The molecule has 3 aromatic carbocycles. The maximum atomic E-state index is 13.3. The van der Waals surface area contributed by atoms with E-state index in [4.69, 9.17) is 32.8 Å². The highest BCUT2D eigenvalue weighted by Crippen LogP contribution is 2.26. The second-order valence-corrected chi connectivity index (χ2v) is 8.43. The molecule has 0 spiro atoms. The van der Waals surface area contributed by atoms with Gasteiger partial charge in [0.1, 0.15) is 5.75 Å². The number of methoxy groups -OCH3 is 1. The zero-order valence-corrected chi connectivity index (χ0v) is 19.5. The van der Waals surface area contributed by atoms with E-state index in [1.165, 1.54) is 0 Å². The number of anilines is 1. The smallest absolute Gasteiger partial charge is 0.322 e. The van der Waals surface area contributed by atoms with Crippen molar-refractivity contribution >= 4 is 40.6 Å². The van der Waals surface area contributed by atoms with Crippen molar-refractivity contribution in [2.75, 3.05) is 19.0 Å². The third-order valence-electron chi connectivity index (χ3n) is 5.24. The van der Waals surface area contributed by atoms with Crippen LogP contribution in [0.3, 0.4) is 0 Å². The first-order valence-corrected chi connectivity index (χ1v) is 11.2. The lowest BCUT2D eigenvalue weighted by Gasteiger charge is -2.25. The predicted molar refractivity (Wildman–Crippen MR) is 131 cm³/mol. The van der Waals surface area contributed by atoms with Crippen LogP contribution < -0.4 is 10.1 Å². The molecule has 8 heteroatoms. The molecule has 1 N–H and O–H groups in total. The summed E-state index contributed by atoms with van der Waals surface area (Å²) >= 11 is 12.5. The Hall–Kier alpha value is -3.22. The van der Waals surface area contributed by atoms with Gasteiger partial charge < -0.3 is 19.8 Å². The summed E-state index contributed by atoms with van der Waals surface area (Å²) in [5.74, 6) is 0.579. The molecule has 2 amide bonds. The lowest BCUT2D eigenvalue weighted by molar-refractivity contribution is 0.0608. The van der Waals surface area contributed by atoms with Crippen molar-refractivity contribution in [3.63, 3.8) is 0 Å². The summed E-state index contributed by atoms with van der Waals surface area (Å²) < 4.78 is 5.36. The van der Waals surface area contributed by atoms with Gasteiger partial charge in [0.25, 0.3) is 0 Å². The summed E-state index contributed by atoms with van der Waals surface area (Å²) in [6, 6.07) is 21.9. The average molecular weight is 484 g/mol. The fourth-order valence-corrected chi connectivity index (χ4v) is 4.10. The number of halogens is 2. The van der Waals surface area contributed by atoms with Crippen LogP contribution in [-0.4, -0.2) is 36.4 Å². The van der Waals surface area contributed by atoms with Crippen molar-refractivity contribution in [3.05, 3.63) is 94.0 Å². The van der Waals surface area contributed by atoms with Gasteiger partial charge in [-0.05, 0) is 35.9 Å². The molecule has 1 heterocycles. The number of urea groups is 1. The van der Waals surface area contributed by atoms with Crippen LogP contribution in [0.4, 0.5) is 10.5 Å². The molecule has 1 aliphatic rings. The largest absolute Gasteiger partial charge is 0.495 e. The van der Waals surface area contributed by atoms with Crippen molar-refractivity contribution in [3.8, 4) is 5.75 Å². The third-order valence-corrected chi connectivity index (χ3v) is 5.80. The Morgan fingerprint density at radius 2 is 1.91 bits per heavy atom. The fourth-order valence-electron chi connectivity index (χ4n) is 3.64. The number of benzene rings is 3. The molecule has 0 aromatic heterocycles.